The molecule has 0 unspecified atom stereocenters. The molecule has 0 saturated carbocycles. The maximum Gasteiger partial charge on any atom is 0.104 e. The van der Waals surface area contributed by atoms with Crippen LogP contribution in [0, 0.1) is 6.92 Å². The van der Waals surface area contributed by atoms with E-state index in [4.69, 9.17) is 5.73 Å². The molecule has 92 valence electrons. The number of nitrogens with one attached hydrogen (secondary N) is 1. The molecule has 1 heterocycles. The number of aryl methyl sites for hydroxylation is 2. The van der Waals surface area contributed by atoms with E-state index in [1.807, 2.05) is 6.92 Å². The summed E-state index contributed by atoms with van der Waals surface area (Å²) in [5, 5.41) is 0. The van der Waals surface area contributed by atoms with Crippen LogP contribution in [0.4, 0.5) is 0 Å². The van der Waals surface area contributed by atoms with Gasteiger partial charge >= 0.3 is 0 Å². The van der Waals surface area contributed by atoms with Gasteiger partial charge in [-0.25, -0.2) is 4.98 Å². The summed E-state index contributed by atoms with van der Waals surface area (Å²) in [5.41, 5.74) is 9.45. The number of fused-ring (bicyclic) bond motifs is 1. The van der Waals surface area contributed by atoms with E-state index in [9.17, 15) is 0 Å². The Bertz CT molecular complexity index is 506. The van der Waals surface area contributed by atoms with Crippen LogP contribution in [0.15, 0.2) is 18.2 Å². The van der Waals surface area contributed by atoms with Gasteiger partial charge in [0.25, 0.3) is 0 Å². The molecular weight excluding hydrogens is 210 g/mol. The molecule has 0 fully saturated rings. The van der Waals surface area contributed by atoms with Gasteiger partial charge in [0.05, 0.1) is 11.0 Å². The molecule has 0 aliphatic heterocycles. The Morgan fingerprint density at radius 1 is 1.35 bits per heavy atom. The Kier molecular flexibility index (Phi) is 3.20. The largest absolute Gasteiger partial charge is 0.342 e. The lowest BCUT2D eigenvalue weighted by Gasteiger charge is -2.17. The summed E-state index contributed by atoms with van der Waals surface area (Å²) in [6.45, 7) is 6.14. The SMILES string of the molecule is Cc1nc2ccc(CCCC(C)(C)N)cc2[nH]1. The number of hydrogen-bond donors (Lipinski definition) is 2. The summed E-state index contributed by atoms with van der Waals surface area (Å²) in [4.78, 5) is 7.67. The predicted molar refractivity (Wildman–Crippen MR) is 72.0 cm³/mol. The van der Waals surface area contributed by atoms with Gasteiger partial charge in [0, 0.05) is 5.54 Å². The minimum atomic E-state index is -0.0608. The van der Waals surface area contributed by atoms with Crippen molar-refractivity contribution < 1.29 is 0 Å². The first-order chi connectivity index (χ1) is 7.94. The fraction of sp³-hybridized carbons (Fsp3) is 0.500. The molecule has 0 aliphatic rings. The van der Waals surface area contributed by atoms with Crippen LogP contribution in [0.3, 0.4) is 0 Å². The Balaban J connectivity index is 2.04. The van der Waals surface area contributed by atoms with Crippen molar-refractivity contribution in [1.82, 2.24) is 9.97 Å². The number of rotatable bonds is 4. The number of H-pyrrole nitrogens is 1. The highest BCUT2D eigenvalue weighted by atomic mass is 14.9. The van der Waals surface area contributed by atoms with Crippen LogP contribution < -0.4 is 5.73 Å². The van der Waals surface area contributed by atoms with Crippen LogP contribution in [0.2, 0.25) is 0 Å². The van der Waals surface area contributed by atoms with E-state index in [2.05, 4.69) is 42.0 Å². The molecule has 2 aromatic rings. The van der Waals surface area contributed by atoms with Gasteiger partial charge in [-0.2, -0.15) is 0 Å². The molecule has 0 aliphatic carbocycles. The number of aromatic amines is 1. The van der Waals surface area contributed by atoms with Crippen LogP contribution >= 0.6 is 0 Å². The standard InChI is InChI=1S/C14H21N3/c1-10-16-12-7-6-11(9-13(12)17-10)5-4-8-14(2,3)15/h6-7,9H,4-5,8,15H2,1-3H3,(H,16,17). The summed E-state index contributed by atoms with van der Waals surface area (Å²) in [6.07, 6.45) is 3.25. The number of imidazole rings is 1. The minimum Gasteiger partial charge on any atom is -0.342 e. The molecule has 17 heavy (non-hydrogen) atoms. The third kappa shape index (κ3) is 3.30. The van der Waals surface area contributed by atoms with Crippen LogP contribution in [0.25, 0.3) is 11.0 Å². The Morgan fingerprint density at radius 2 is 2.12 bits per heavy atom. The quantitative estimate of drug-likeness (QED) is 0.850. The molecule has 0 amide bonds. The number of benzene rings is 1. The second-order valence-electron chi connectivity index (χ2n) is 5.52. The third-order valence-corrected chi connectivity index (χ3v) is 2.95. The lowest BCUT2D eigenvalue weighted by Crippen LogP contribution is -2.31. The molecule has 0 atom stereocenters. The van der Waals surface area contributed by atoms with Gasteiger partial charge in [-0.15, -0.1) is 0 Å². The number of nitrogens with two attached hydrogens (primary N) is 1. The van der Waals surface area contributed by atoms with Gasteiger partial charge in [-0.05, 0) is 57.7 Å². The first kappa shape index (κ1) is 12.1. The topological polar surface area (TPSA) is 54.7 Å². The molecule has 0 spiro atoms. The highest BCUT2D eigenvalue weighted by molar-refractivity contribution is 5.75. The Hall–Kier alpha value is -1.35. The second kappa shape index (κ2) is 4.49. The van der Waals surface area contributed by atoms with Crippen LogP contribution in [-0.4, -0.2) is 15.5 Å². The van der Waals surface area contributed by atoms with E-state index < -0.39 is 0 Å². The predicted octanol–water partition coefficient (Wildman–Crippen LogP) is 2.93. The molecule has 0 radical (unpaired) electrons. The van der Waals surface area contributed by atoms with E-state index in [1.165, 1.54) is 5.56 Å². The Labute approximate surface area is 102 Å². The van der Waals surface area contributed by atoms with Gasteiger partial charge in [-0.3, -0.25) is 0 Å². The highest BCUT2D eigenvalue weighted by Crippen LogP contribution is 2.16. The minimum absolute atomic E-state index is 0.0608. The van der Waals surface area contributed by atoms with E-state index in [0.717, 1.165) is 36.1 Å². The lowest BCUT2D eigenvalue weighted by atomic mass is 9.97. The maximum atomic E-state index is 5.98. The summed E-state index contributed by atoms with van der Waals surface area (Å²) in [7, 11) is 0. The molecule has 1 aromatic carbocycles. The van der Waals surface area contributed by atoms with Gasteiger partial charge in [0.2, 0.25) is 0 Å². The molecule has 3 nitrogen and oxygen atoms in total. The molecule has 1 aromatic heterocycles. The van der Waals surface area contributed by atoms with Crippen molar-refractivity contribution >= 4 is 11.0 Å². The summed E-state index contributed by atoms with van der Waals surface area (Å²) >= 11 is 0. The normalized spacial score (nSPS) is 12.2. The molecule has 0 bridgehead atoms. The van der Waals surface area contributed by atoms with Gasteiger partial charge < -0.3 is 10.7 Å². The molecule has 3 N–H and O–H groups in total. The second-order valence-corrected chi connectivity index (χ2v) is 5.52. The number of hydrogen-bond acceptors (Lipinski definition) is 2. The first-order valence-electron chi connectivity index (χ1n) is 6.18. The fourth-order valence-electron chi connectivity index (χ4n) is 2.09. The first-order valence-corrected chi connectivity index (χ1v) is 6.18. The van der Waals surface area contributed by atoms with E-state index in [-0.39, 0.29) is 5.54 Å². The van der Waals surface area contributed by atoms with Crippen molar-refractivity contribution in [2.45, 2.75) is 45.6 Å². The lowest BCUT2D eigenvalue weighted by molar-refractivity contribution is 0.459. The monoisotopic (exact) mass is 231 g/mol. The Morgan fingerprint density at radius 3 is 2.82 bits per heavy atom. The third-order valence-electron chi connectivity index (χ3n) is 2.95. The zero-order chi connectivity index (χ0) is 12.5. The zero-order valence-corrected chi connectivity index (χ0v) is 10.9. The van der Waals surface area contributed by atoms with Crippen LogP contribution in [-0.2, 0) is 6.42 Å². The van der Waals surface area contributed by atoms with Gasteiger partial charge in [0.1, 0.15) is 5.82 Å². The summed E-state index contributed by atoms with van der Waals surface area (Å²) in [6, 6.07) is 6.44. The number of nitrogens with zero attached hydrogens (tertiary/aromatic N) is 1. The van der Waals surface area contributed by atoms with Crippen molar-refractivity contribution in [1.29, 1.82) is 0 Å². The molecule has 0 saturated heterocycles. The average molecular weight is 231 g/mol. The van der Waals surface area contributed by atoms with Gasteiger partial charge in [0.15, 0.2) is 0 Å². The number of aromatic nitrogens is 2. The van der Waals surface area contributed by atoms with Crippen LogP contribution in [0.1, 0.15) is 38.1 Å². The van der Waals surface area contributed by atoms with Crippen molar-refractivity contribution in [3.63, 3.8) is 0 Å². The fourth-order valence-corrected chi connectivity index (χ4v) is 2.09. The van der Waals surface area contributed by atoms with Crippen LogP contribution in [0.5, 0.6) is 0 Å². The highest BCUT2D eigenvalue weighted by Gasteiger charge is 2.09. The van der Waals surface area contributed by atoms with E-state index >= 15 is 0 Å². The molecule has 2 rings (SSSR count). The average Bonchev–Trinajstić information content (AvgIpc) is 2.55. The van der Waals surface area contributed by atoms with E-state index in [1.54, 1.807) is 0 Å². The zero-order valence-electron chi connectivity index (χ0n) is 10.9. The van der Waals surface area contributed by atoms with Crippen molar-refractivity contribution in [3.8, 4) is 0 Å². The van der Waals surface area contributed by atoms with Gasteiger partial charge in [-0.1, -0.05) is 6.07 Å². The van der Waals surface area contributed by atoms with E-state index in [0.29, 0.717) is 0 Å². The van der Waals surface area contributed by atoms with Crippen molar-refractivity contribution in [2.24, 2.45) is 5.73 Å². The summed E-state index contributed by atoms with van der Waals surface area (Å²) < 4.78 is 0. The molecular formula is C14H21N3. The molecule has 3 heteroatoms. The van der Waals surface area contributed by atoms with Crippen molar-refractivity contribution in [2.75, 3.05) is 0 Å². The summed E-state index contributed by atoms with van der Waals surface area (Å²) in [5.74, 6) is 0.972. The maximum absolute atomic E-state index is 5.98. The van der Waals surface area contributed by atoms with Crippen molar-refractivity contribution in [3.05, 3.63) is 29.6 Å². The smallest absolute Gasteiger partial charge is 0.104 e.